The second-order valence-electron chi connectivity index (χ2n) is 10.0. The lowest BCUT2D eigenvalue weighted by Crippen LogP contribution is -2.46. The average Bonchev–Trinajstić information content (AvgIpc) is 3.45. The van der Waals surface area contributed by atoms with E-state index in [1.165, 1.54) is 42.5 Å². The van der Waals surface area contributed by atoms with Crippen LogP contribution in [0.25, 0.3) is 11.0 Å². The van der Waals surface area contributed by atoms with Crippen molar-refractivity contribution in [3.8, 4) is 0 Å². The number of fused-ring (bicyclic) bond motifs is 2. The van der Waals surface area contributed by atoms with Gasteiger partial charge in [0.1, 0.15) is 5.82 Å². The molecule has 5 rings (SSSR count). The van der Waals surface area contributed by atoms with Crippen LogP contribution in [0.2, 0.25) is 0 Å². The van der Waals surface area contributed by atoms with Gasteiger partial charge in [-0.15, -0.1) is 0 Å². The van der Waals surface area contributed by atoms with Crippen LogP contribution < -0.4 is 10.6 Å². The first-order valence-electron chi connectivity index (χ1n) is 12.4. The third-order valence-electron chi connectivity index (χ3n) is 7.29. The summed E-state index contributed by atoms with van der Waals surface area (Å²) in [6.07, 6.45) is 6.58. The van der Waals surface area contributed by atoms with Crippen LogP contribution >= 0.6 is 0 Å². The second-order valence-corrected chi connectivity index (χ2v) is 10.0. The molecule has 2 heterocycles. The fraction of sp³-hybridized carbons (Fsp3) is 0.519. The van der Waals surface area contributed by atoms with Crippen LogP contribution in [0.4, 0.5) is 5.69 Å². The highest BCUT2D eigenvalue weighted by molar-refractivity contribution is 5.77. The molecule has 0 spiro atoms. The number of rotatable bonds is 7. The van der Waals surface area contributed by atoms with Crippen LogP contribution in [0.3, 0.4) is 0 Å². The highest BCUT2D eigenvalue weighted by Crippen LogP contribution is 2.34. The molecule has 2 aliphatic rings. The van der Waals surface area contributed by atoms with Gasteiger partial charge in [0.25, 0.3) is 0 Å². The number of benzene rings is 2. The molecule has 5 nitrogen and oxygen atoms in total. The number of nitrogens with zero attached hydrogens (tertiary/aromatic N) is 4. The second kappa shape index (κ2) is 9.24. The van der Waals surface area contributed by atoms with Crippen molar-refractivity contribution in [2.75, 3.05) is 11.6 Å². The summed E-state index contributed by atoms with van der Waals surface area (Å²) in [5.41, 5.74) is 12.2. The first-order valence-corrected chi connectivity index (χ1v) is 12.4. The minimum atomic E-state index is 0.556. The monoisotopic (exact) mass is 431 g/mol. The van der Waals surface area contributed by atoms with Gasteiger partial charge in [0.2, 0.25) is 0 Å². The molecule has 0 radical (unpaired) electrons. The number of imidazole rings is 1. The zero-order valence-electron chi connectivity index (χ0n) is 19.6. The molecule has 2 aromatic carbocycles. The Hall–Kier alpha value is -2.37. The number of anilines is 1. The van der Waals surface area contributed by atoms with Crippen LogP contribution in [-0.2, 0) is 26.2 Å². The number of nitrogens with two attached hydrogens (primary N) is 1. The number of hydrogen-bond donors (Lipinski definition) is 1. The predicted octanol–water partition coefficient (Wildman–Crippen LogP) is 5.26. The number of aryl methyl sites for hydroxylation is 1. The van der Waals surface area contributed by atoms with E-state index in [2.05, 4.69) is 70.7 Å². The third-order valence-corrected chi connectivity index (χ3v) is 7.29. The molecule has 1 aliphatic carbocycles. The van der Waals surface area contributed by atoms with E-state index in [-0.39, 0.29) is 0 Å². The van der Waals surface area contributed by atoms with E-state index in [9.17, 15) is 0 Å². The highest BCUT2D eigenvalue weighted by Gasteiger charge is 2.30. The van der Waals surface area contributed by atoms with Crippen LogP contribution in [-0.4, -0.2) is 27.2 Å². The molecule has 0 unspecified atom stereocenters. The Balaban J connectivity index is 1.49. The predicted molar refractivity (Wildman–Crippen MR) is 132 cm³/mol. The molecule has 170 valence electrons. The van der Waals surface area contributed by atoms with Crippen molar-refractivity contribution in [1.82, 2.24) is 14.5 Å². The van der Waals surface area contributed by atoms with Gasteiger partial charge in [0, 0.05) is 31.4 Å². The molecule has 0 bridgehead atoms. The number of para-hydroxylation sites is 1. The molecule has 0 saturated heterocycles. The lowest BCUT2D eigenvalue weighted by atomic mass is 10.1. The molecular formula is C27H37N5. The van der Waals surface area contributed by atoms with Gasteiger partial charge in [-0.1, -0.05) is 51.0 Å². The Kier molecular flexibility index (Phi) is 6.20. The summed E-state index contributed by atoms with van der Waals surface area (Å²) in [5.74, 6) is 1.83. The van der Waals surface area contributed by atoms with Crippen molar-refractivity contribution >= 4 is 16.7 Å². The molecule has 1 fully saturated rings. The Morgan fingerprint density at radius 1 is 1.09 bits per heavy atom. The first-order chi connectivity index (χ1) is 15.6. The van der Waals surface area contributed by atoms with E-state index in [1.807, 2.05) is 0 Å². The molecule has 32 heavy (non-hydrogen) atoms. The number of hydrogen-bond acceptors (Lipinski definition) is 4. The standard InChI is InChI=1S/C27H37N5/c1-20(2)13-14-32-26-12-11-21(16-28)15-24(26)29-27(32)18-31-19-30(23-8-4-5-9-23)17-22-7-3-6-10-25(22)31/h3,6-7,10-12,15,20,23H,4-5,8-9,13-14,16-19,28H2,1-2H3. The summed E-state index contributed by atoms with van der Waals surface area (Å²) < 4.78 is 2.45. The van der Waals surface area contributed by atoms with Crippen molar-refractivity contribution in [1.29, 1.82) is 0 Å². The fourth-order valence-electron chi connectivity index (χ4n) is 5.45. The van der Waals surface area contributed by atoms with Gasteiger partial charge in [-0.2, -0.15) is 0 Å². The third kappa shape index (κ3) is 4.28. The normalized spacial score (nSPS) is 17.6. The van der Waals surface area contributed by atoms with Crippen molar-refractivity contribution in [2.45, 2.75) is 78.2 Å². The van der Waals surface area contributed by atoms with Gasteiger partial charge in [-0.25, -0.2) is 4.98 Å². The maximum Gasteiger partial charge on any atom is 0.129 e. The molecule has 3 aromatic rings. The summed E-state index contributed by atoms with van der Waals surface area (Å²) in [7, 11) is 0. The van der Waals surface area contributed by atoms with Crippen molar-refractivity contribution < 1.29 is 0 Å². The van der Waals surface area contributed by atoms with E-state index in [4.69, 9.17) is 10.7 Å². The van der Waals surface area contributed by atoms with Crippen molar-refractivity contribution in [3.05, 3.63) is 59.4 Å². The Morgan fingerprint density at radius 3 is 2.69 bits per heavy atom. The topological polar surface area (TPSA) is 50.3 Å². The van der Waals surface area contributed by atoms with Crippen molar-refractivity contribution in [3.63, 3.8) is 0 Å². The lowest BCUT2D eigenvalue weighted by molar-refractivity contribution is 0.178. The smallest absolute Gasteiger partial charge is 0.129 e. The van der Waals surface area contributed by atoms with Gasteiger partial charge in [0.05, 0.1) is 24.2 Å². The van der Waals surface area contributed by atoms with Gasteiger partial charge < -0.3 is 15.2 Å². The summed E-state index contributed by atoms with van der Waals surface area (Å²) in [6, 6.07) is 16.2. The summed E-state index contributed by atoms with van der Waals surface area (Å²) in [6.45, 7) is 9.06. The molecule has 2 N–H and O–H groups in total. The zero-order chi connectivity index (χ0) is 22.1. The van der Waals surface area contributed by atoms with Gasteiger partial charge in [-0.05, 0) is 54.5 Å². The van der Waals surface area contributed by atoms with Crippen LogP contribution in [0.1, 0.15) is 62.9 Å². The fourth-order valence-corrected chi connectivity index (χ4v) is 5.45. The van der Waals surface area contributed by atoms with Gasteiger partial charge >= 0.3 is 0 Å². The van der Waals surface area contributed by atoms with E-state index in [1.54, 1.807) is 0 Å². The Morgan fingerprint density at radius 2 is 1.91 bits per heavy atom. The van der Waals surface area contributed by atoms with E-state index in [0.29, 0.717) is 12.5 Å². The van der Waals surface area contributed by atoms with E-state index < -0.39 is 0 Å². The maximum absolute atomic E-state index is 5.91. The van der Waals surface area contributed by atoms with Gasteiger partial charge in [-0.3, -0.25) is 4.90 Å². The summed E-state index contributed by atoms with van der Waals surface area (Å²) in [5, 5.41) is 0. The quantitative estimate of drug-likeness (QED) is 0.554. The summed E-state index contributed by atoms with van der Waals surface area (Å²) in [4.78, 5) is 10.4. The minimum absolute atomic E-state index is 0.556. The van der Waals surface area contributed by atoms with Crippen LogP contribution in [0.15, 0.2) is 42.5 Å². The molecule has 5 heteroatoms. The lowest BCUT2D eigenvalue weighted by Gasteiger charge is -2.41. The maximum atomic E-state index is 5.91. The van der Waals surface area contributed by atoms with Crippen LogP contribution in [0.5, 0.6) is 0 Å². The highest BCUT2D eigenvalue weighted by atomic mass is 15.4. The minimum Gasteiger partial charge on any atom is -0.351 e. The van der Waals surface area contributed by atoms with E-state index in [0.717, 1.165) is 55.7 Å². The molecule has 1 saturated carbocycles. The van der Waals surface area contributed by atoms with Crippen LogP contribution in [0, 0.1) is 5.92 Å². The average molecular weight is 432 g/mol. The Bertz CT molecular complexity index is 1060. The largest absolute Gasteiger partial charge is 0.351 e. The molecule has 0 atom stereocenters. The zero-order valence-corrected chi connectivity index (χ0v) is 19.6. The first kappa shape index (κ1) is 21.5. The molecule has 1 aromatic heterocycles. The molecular weight excluding hydrogens is 394 g/mol. The Labute approximate surface area is 192 Å². The molecule has 0 amide bonds. The van der Waals surface area contributed by atoms with Gasteiger partial charge in [0.15, 0.2) is 0 Å². The van der Waals surface area contributed by atoms with Crippen molar-refractivity contribution in [2.24, 2.45) is 11.7 Å². The SMILES string of the molecule is CC(C)CCn1c(CN2CN(C3CCCC3)Cc3ccccc32)nc2cc(CN)ccc21. The number of aromatic nitrogens is 2. The summed E-state index contributed by atoms with van der Waals surface area (Å²) >= 11 is 0. The van der Waals surface area contributed by atoms with E-state index >= 15 is 0 Å². The molecule has 1 aliphatic heterocycles.